The third-order valence-electron chi connectivity index (χ3n) is 4.59. The minimum absolute atomic E-state index is 0.112. The quantitative estimate of drug-likeness (QED) is 0.455. The van der Waals surface area contributed by atoms with Crippen LogP contribution in [-0.4, -0.2) is 24.5 Å². The number of rotatable bonds is 8. The van der Waals surface area contributed by atoms with Crippen LogP contribution in [0, 0.1) is 13.8 Å². The Bertz CT molecular complexity index is 1280. The molecule has 0 saturated heterocycles. The van der Waals surface area contributed by atoms with Crippen LogP contribution >= 0.6 is 11.6 Å². The molecule has 166 valence electrons. The number of carboxylic acid groups (broad SMARTS) is 1. The van der Waals surface area contributed by atoms with Crippen molar-refractivity contribution in [3.8, 4) is 5.75 Å². The zero-order valence-corrected chi connectivity index (χ0v) is 18.9. The number of hydrogen-bond acceptors (Lipinski definition) is 5. The molecule has 3 rings (SSSR count). The van der Waals surface area contributed by atoms with Gasteiger partial charge in [-0.15, -0.1) is 0 Å². The molecule has 0 atom stereocenters. The molecule has 0 spiro atoms. The first-order chi connectivity index (χ1) is 15.2. The van der Waals surface area contributed by atoms with Crippen molar-refractivity contribution in [1.29, 1.82) is 0 Å². The molecule has 0 saturated carbocycles. The molecule has 0 radical (unpaired) electrons. The summed E-state index contributed by atoms with van der Waals surface area (Å²) < 4.78 is 33.9. The van der Waals surface area contributed by atoms with Crippen LogP contribution in [0.5, 0.6) is 5.75 Å². The molecule has 0 unspecified atom stereocenters. The summed E-state index contributed by atoms with van der Waals surface area (Å²) in [5.74, 6) is -0.749. The number of aromatic nitrogens is 1. The van der Waals surface area contributed by atoms with Gasteiger partial charge in [0.2, 0.25) is 0 Å². The van der Waals surface area contributed by atoms with Crippen LogP contribution in [0.4, 0.5) is 5.69 Å². The number of nitrogens with zero attached hydrogens (tertiary/aromatic N) is 1. The number of benzene rings is 2. The Morgan fingerprint density at radius 2 is 1.94 bits per heavy atom. The number of carboxylic acids is 1. The zero-order valence-electron chi connectivity index (χ0n) is 17.4. The monoisotopic (exact) mass is 472 g/mol. The zero-order chi connectivity index (χ0) is 23.3. The van der Waals surface area contributed by atoms with Gasteiger partial charge < -0.3 is 9.84 Å². The lowest BCUT2D eigenvalue weighted by atomic mass is 10.1. The summed E-state index contributed by atoms with van der Waals surface area (Å²) in [6, 6.07) is 13.2. The van der Waals surface area contributed by atoms with Gasteiger partial charge >= 0.3 is 5.97 Å². The van der Waals surface area contributed by atoms with Crippen LogP contribution in [0.25, 0.3) is 6.08 Å². The molecular formula is C23H21ClN2O5S. The Morgan fingerprint density at radius 3 is 2.59 bits per heavy atom. The maximum Gasteiger partial charge on any atom is 0.328 e. The highest BCUT2D eigenvalue weighted by atomic mass is 35.5. The third-order valence-corrected chi connectivity index (χ3v) is 6.27. The molecule has 9 heteroatoms. The molecule has 0 aliphatic rings. The molecule has 0 aliphatic carbocycles. The van der Waals surface area contributed by atoms with E-state index < -0.39 is 16.0 Å². The second-order valence-electron chi connectivity index (χ2n) is 7.02. The van der Waals surface area contributed by atoms with E-state index in [1.165, 1.54) is 18.3 Å². The Hall–Kier alpha value is -3.36. The van der Waals surface area contributed by atoms with Crippen molar-refractivity contribution in [3.63, 3.8) is 0 Å². The number of pyridine rings is 1. The van der Waals surface area contributed by atoms with Crippen molar-refractivity contribution >= 4 is 39.4 Å². The molecule has 7 nitrogen and oxygen atoms in total. The van der Waals surface area contributed by atoms with Gasteiger partial charge in [-0.25, -0.2) is 9.78 Å². The lowest BCUT2D eigenvalue weighted by Gasteiger charge is -2.16. The van der Waals surface area contributed by atoms with E-state index in [2.05, 4.69) is 9.71 Å². The normalized spacial score (nSPS) is 11.5. The van der Waals surface area contributed by atoms with Crippen LogP contribution < -0.4 is 9.46 Å². The van der Waals surface area contributed by atoms with E-state index in [0.717, 1.165) is 22.8 Å². The number of hydrogen-bond donors (Lipinski definition) is 2. The molecular weight excluding hydrogens is 452 g/mol. The standard InChI is InChI=1S/C23H21ClN2O5S/c1-15-11-17(7-9-23(27)28)6-8-18(15)14-31-21-13-19(24)16(2)12-20(21)26-32(29,30)22-5-3-4-10-25-22/h3-13,26H,14H2,1-2H3,(H,27,28). The van der Waals surface area contributed by atoms with Crippen molar-refractivity contribution in [2.45, 2.75) is 25.5 Å². The smallest absolute Gasteiger partial charge is 0.328 e. The van der Waals surface area contributed by atoms with Gasteiger partial charge in [0.15, 0.2) is 5.03 Å². The molecule has 0 bridgehead atoms. The summed E-state index contributed by atoms with van der Waals surface area (Å²) in [7, 11) is -3.92. The second-order valence-corrected chi connectivity index (χ2v) is 9.05. The predicted octanol–water partition coefficient (Wildman–Crippen LogP) is 4.83. The maximum atomic E-state index is 12.7. The van der Waals surface area contributed by atoms with Crippen molar-refractivity contribution in [1.82, 2.24) is 4.98 Å². The molecule has 0 fully saturated rings. The lowest BCUT2D eigenvalue weighted by molar-refractivity contribution is -0.131. The van der Waals surface area contributed by atoms with Crippen LogP contribution in [0.1, 0.15) is 22.3 Å². The van der Waals surface area contributed by atoms with E-state index in [1.807, 2.05) is 19.1 Å². The van der Waals surface area contributed by atoms with Gasteiger partial charge in [0.25, 0.3) is 10.0 Å². The lowest BCUT2D eigenvalue weighted by Crippen LogP contribution is -2.15. The number of anilines is 1. The predicted molar refractivity (Wildman–Crippen MR) is 123 cm³/mol. The van der Waals surface area contributed by atoms with Gasteiger partial charge in [-0.1, -0.05) is 35.9 Å². The number of nitrogens with one attached hydrogen (secondary N) is 1. The summed E-state index contributed by atoms with van der Waals surface area (Å²) in [5.41, 5.74) is 3.43. The number of aliphatic carboxylic acids is 1. The Labute approximate surface area is 191 Å². The van der Waals surface area contributed by atoms with Crippen molar-refractivity contribution in [3.05, 3.63) is 88.1 Å². The van der Waals surface area contributed by atoms with Gasteiger partial charge in [0.05, 0.1) is 5.69 Å². The largest absolute Gasteiger partial charge is 0.487 e. The molecule has 32 heavy (non-hydrogen) atoms. The fourth-order valence-corrected chi connectivity index (χ4v) is 4.04. The summed E-state index contributed by atoms with van der Waals surface area (Å²) in [5, 5.41) is 9.09. The van der Waals surface area contributed by atoms with Crippen molar-refractivity contribution < 1.29 is 23.1 Å². The number of halogens is 1. The van der Waals surface area contributed by atoms with Gasteiger partial charge in [-0.2, -0.15) is 8.42 Å². The summed E-state index contributed by atoms with van der Waals surface area (Å²) in [6.07, 6.45) is 3.97. The van der Waals surface area contributed by atoms with Gasteiger partial charge in [-0.3, -0.25) is 4.72 Å². The second kappa shape index (κ2) is 9.84. The summed E-state index contributed by atoms with van der Waals surface area (Å²) in [4.78, 5) is 14.6. The van der Waals surface area contributed by atoms with E-state index in [-0.39, 0.29) is 23.1 Å². The number of carbonyl (C=O) groups is 1. The van der Waals surface area contributed by atoms with Crippen LogP contribution in [-0.2, 0) is 21.4 Å². The number of sulfonamides is 1. The highest BCUT2D eigenvalue weighted by molar-refractivity contribution is 7.92. The van der Waals surface area contributed by atoms with E-state index in [4.69, 9.17) is 21.4 Å². The Morgan fingerprint density at radius 1 is 1.16 bits per heavy atom. The molecule has 2 aromatic carbocycles. The average molecular weight is 473 g/mol. The minimum atomic E-state index is -3.92. The van der Waals surface area contributed by atoms with E-state index in [0.29, 0.717) is 10.6 Å². The van der Waals surface area contributed by atoms with E-state index in [1.54, 1.807) is 37.3 Å². The highest BCUT2D eigenvalue weighted by Gasteiger charge is 2.19. The molecule has 1 aromatic heterocycles. The van der Waals surface area contributed by atoms with E-state index >= 15 is 0 Å². The fraction of sp³-hybridized carbons (Fsp3) is 0.130. The van der Waals surface area contributed by atoms with Crippen molar-refractivity contribution in [2.75, 3.05) is 4.72 Å². The number of ether oxygens (including phenoxy) is 1. The molecule has 2 N–H and O–H groups in total. The molecule has 1 heterocycles. The van der Waals surface area contributed by atoms with Gasteiger partial charge in [0.1, 0.15) is 12.4 Å². The molecule has 0 aliphatic heterocycles. The Balaban J connectivity index is 1.84. The van der Waals surface area contributed by atoms with Crippen LogP contribution in [0.2, 0.25) is 5.02 Å². The van der Waals surface area contributed by atoms with E-state index in [9.17, 15) is 13.2 Å². The van der Waals surface area contributed by atoms with Gasteiger partial charge in [-0.05, 0) is 60.4 Å². The first-order valence-corrected chi connectivity index (χ1v) is 11.4. The van der Waals surface area contributed by atoms with Crippen molar-refractivity contribution in [2.24, 2.45) is 0 Å². The van der Waals surface area contributed by atoms with Gasteiger partial charge in [0, 0.05) is 23.4 Å². The first kappa shape index (κ1) is 23.3. The third kappa shape index (κ3) is 5.87. The summed E-state index contributed by atoms with van der Waals surface area (Å²) in [6.45, 7) is 3.80. The Kier molecular flexibility index (Phi) is 7.17. The molecule has 3 aromatic rings. The van der Waals surface area contributed by atoms with Crippen LogP contribution in [0.3, 0.4) is 0 Å². The topological polar surface area (TPSA) is 106 Å². The van der Waals surface area contributed by atoms with Crippen LogP contribution in [0.15, 0.2) is 65.8 Å². The average Bonchev–Trinajstić information content (AvgIpc) is 2.75. The molecule has 0 amide bonds. The minimum Gasteiger partial charge on any atom is -0.487 e. The fourth-order valence-electron chi connectivity index (χ4n) is 2.87. The highest BCUT2D eigenvalue weighted by Crippen LogP contribution is 2.33. The SMILES string of the molecule is Cc1cc(NS(=O)(=O)c2ccccn2)c(OCc2ccc(C=CC(=O)O)cc2C)cc1Cl. The summed E-state index contributed by atoms with van der Waals surface area (Å²) >= 11 is 6.24. The maximum absolute atomic E-state index is 12.7. The first-order valence-electron chi connectivity index (χ1n) is 9.53. The number of aryl methyl sites for hydroxylation is 2.